The molecule has 1 N–H and O–H groups in total. The molecule has 0 atom stereocenters. The number of hydrogen-bond acceptors (Lipinski definition) is 5. The maximum atomic E-state index is 12.5. The topological polar surface area (TPSA) is 59.9 Å². The van der Waals surface area contributed by atoms with Crippen LogP contribution in [-0.2, 0) is 11.4 Å². The molecule has 9 heteroatoms. The summed E-state index contributed by atoms with van der Waals surface area (Å²) >= 11 is 19.9. The molecule has 3 aromatic rings. The molecule has 1 heterocycles. The van der Waals surface area contributed by atoms with Crippen LogP contribution < -0.4 is 14.8 Å². The number of thioether (sulfide) groups is 1. The van der Waals surface area contributed by atoms with Crippen LogP contribution in [0.3, 0.4) is 0 Å². The normalized spacial score (nSPS) is 15.6. The zero-order valence-corrected chi connectivity index (χ0v) is 21.1. The lowest BCUT2D eigenvalue weighted by atomic mass is 10.1. The quantitative estimate of drug-likeness (QED) is 0.319. The molecule has 1 aliphatic rings. The van der Waals surface area contributed by atoms with Crippen molar-refractivity contribution >= 4 is 69.4 Å². The molecule has 0 radical (unpaired) electrons. The fourth-order valence-corrected chi connectivity index (χ4v) is 4.51. The van der Waals surface area contributed by atoms with Crippen molar-refractivity contribution in [3.8, 4) is 11.5 Å². The Morgan fingerprint density at radius 1 is 1.00 bits per heavy atom. The van der Waals surface area contributed by atoms with Gasteiger partial charge in [-0.25, -0.2) is 4.99 Å². The predicted molar refractivity (Wildman–Crippen MR) is 141 cm³/mol. The van der Waals surface area contributed by atoms with Crippen molar-refractivity contribution in [1.82, 2.24) is 5.32 Å². The lowest BCUT2D eigenvalue weighted by Crippen LogP contribution is -2.19. The molecule has 1 aliphatic heterocycles. The van der Waals surface area contributed by atoms with Crippen molar-refractivity contribution in [1.29, 1.82) is 0 Å². The van der Waals surface area contributed by atoms with Gasteiger partial charge < -0.3 is 14.8 Å². The molecular formula is C25H19Cl3N2O3S. The van der Waals surface area contributed by atoms with Crippen LogP contribution >= 0.6 is 46.6 Å². The second kappa shape index (κ2) is 11.2. The van der Waals surface area contributed by atoms with E-state index in [1.807, 2.05) is 31.2 Å². The van der Waals surface area contributed by atoms with Crippen LogP contribution in [0.4, 0.5) is 5.69 Å². The van der Waals surface area contributed by atoms with E-state index in [-0.39, 0.29) is 5.91 Å². The number of nitrogens with one attached hydrogen (secondary N) is 1. The number of halogens is 3. The van der Waals surface area contributed by atoms with Gasteiger partial charge in [-0.15, -0.1) is 0 Å². The number of para-hydroxylation sites is 1. The lowest BCUT2D eigenvalue weighted by Gasteiger charge is -2.15. The van der Waals surface area contributed by atoms with Crippen molar-refractivity contribution in [2.75, 3.05) is 6.61 Å². The number of ether oxygens (including phenoxy) is 2. The number of benzene rings is 3. The number of carbonyl (C=O) groups is 1. The summed E-state index contributed by atoms with van der Waals surface area (Å²) in [7, 11) is 0. The Hall–Kier alpha value is -2.64. The Morgan fingerprint density at radius 2 is 1.76 bits per heavy atom. The van der Waals surface area contributed by atoms with Gasteiger partial charge in [0.1, 0.15) is 6.61 Å². The molecule has 1 fully saturated rings. The third-order valence-electron chi connectivity index (χ3n) is 4.65. The summed E-state index contributed by atoms with van der Waals surface area (Å²) in [6.07, 6.45) is 1.73. The summed E-state index contributed by atoms with van der Waals surface area (Å²) in [4.78, 5) is 17.4. The lowest BCUT2D eigenvalue weighted by molar-refractivity contribution is -0.115. The summed E-state index contributed by atoms with van der Waals surface area (Å²) in [5, 5.41) is 4.74. The molecule has 1 saturated heterocycles. The van der Waals surface area contributed by atoms with Gasteiger partial charge in [-0.05, 0) is 72.3 Å². The van der Waals surface area contributed by atoms with Crippen molar-refractivity contribution in [3.05, 3.63) is 91.8 Å². The molecule has 34 heavy (non-hydrogen) atoms. The second-order valence-electron chi connectivity index (χ2n) is 7.11. The van der Waals surface area contributed by atoms with Crippen LogP contribution in [0.1, 0.15) is 18.1 Å². The van der Waals surface area contributed by atoms with E-state index in [0.29, 0.717) is 61.1 Å². The molecule has 4 rings (SSSR count). The smallest absolute Gasteiger partial charge is 0.264 e. The van der Waals surface area contributed by atoms with Gasteiger partial charge in [0.25, 0.3) is 5.91 Å². The fraction of sp³-hybridized carbons (Fsp3) is 0.120. The number of aliphatic imine (C=N–C) groups is 1. The Bertz CT molecular complexity index is 1280. The van der Waals surface area contributed by atoms with Gasteiger partial charge in [-0.2, -0.15) is 0 Å². The van der Waals surface area contributed by atoms with E-state index >= 15 is 0 Å². The molecule has 0 spiro atoms. The first-order valence-corrected chi connectivity index (χ1v) is 12.3. The van der Waals surface area contributed by atoms with Gasteiger partial charge in [-0.3, -0.25) is 4.79 Å². The minimum absolute atomic E-state index is 0.257. The Morgan fingerprint density at radius 3 is 2.50 bits per heavy atom. The van der Waals surface area contributed by atoms with Crippen molar-refractivity contribution in [2.24, 2.45) is 4.99 Å². The number of rotatable bonds is 7. The molecule has 0 aromatic heterocycles. The molecule has 174 valence electrons. The number of carbonyl (C=O) groups excluding carboxylic acids is 1. The summed E-state index contributed by atoms with van der Waals surface area (Å²) in [6, 6.07) is 18.1. The van der Waals surface area contributed by atoms with E-state index in [4.69, 9.17) is 44.3 Å². The minimum atomic E-state index is -0.257. The molecule has 0 unspecified atom stereocenters. The zero-order valence-electron chi connectivity index (χ0n) is 18.0. The van der Waals surface area contributed by atoms with Crippen LogP contribution in [0.25, 0.3) is 6.08 Å². The molecule has 1 amide bonds. The maximum absolute atomic E-state index is 12.5. The highest BCUT2D eigenvalue weighted by Crippen LogP contribution is 2.39. The average molecular weight is 534 g/mol. The average Bonchev–Trinajstić information content (AvgIpc) is 3.14. The first-order chi connectivity index (χ1) is 16.4. The zero-order chi connectivity index (χ0) is 24.1. The van der Waals surface area contributed by atoms with E-state index in [0.717, 1.165) is 5.56 Å². The predicted octanol–water partition coefficient (Wildman–Crippen LogP) is 7.52. The van der Waals surface area contributed by atoms with Crippen molar-refractivity contribution in [3.63, 3.8) is 0 Å². The highest BCUT2D eigenvalue weighted by Gasteiger charge is 2.24. The molecular weight excluding hydrogens is 515 g/mol. The first-order valence-electron chi connectivity index (χ1n) is 10.3. The van der Waals surface area contributed by atoms with Gasteiger partial charge in [0.05, 0.1) is 27.2 Å². The third-order valence-corrected chi connectivity index (χ3v) is 6.41. The SMILES string of the molecule is CCOc1cc(/C=C2\SC(=Nc3ccccc3Cl)NC2=O)cc(Cl)c1OCc1ccc(Cl)cc1. The fourth-order valence-electron chi connectivity index (χ4n) is 3.09. The molecule has 0 bridgehead atoms. The number of amides is 1. The first kappa shape index (κ1) is 24.5. The van der Waals surface area contributed by atoms with Crippen molar-refractivity contribution < 1.29 is 14.3 Å². The van der Waals surface area contributed by atoms with Gasteiger partial charge in [0, 0.05) is 5.02 Å². The van der Waals surface area contributed by atoms with Gasteiger partial charge >= 0.3 is 0 Å². The summed E-state index contributed by atoms with van der Waals surface area (Å²) in [6.45, 7) is 2.61. The van der Waals surface area contributed by atoms with Crippen LogP contribution in [0.2, 0.25) is 15.1 Å². The van der Waals surface area contributed by atoms with Gasteiger partial charge in [0.15, 0.2) is 16.7 Å². The van der Waals surface area contributed by atoms with E-state index in [1.54, 1.807) is 42.5 Å². The van der Waals surface area contributed by atoms with Crippen LogP contribution in [0.15, 0.2) is 70.6 Å². The highest BCUT2D eigenvalue weighted by atomic mass is 35.5. The molecule has 3 aromatic carbocycles. The van der Waals surface area contributed by atoms with E-state index in [1.165, 1.54) is 11.8 Å². The van der Waals surface area contributed by atoms with Gasteiger partial charge in [-0.1, -0.05) is 59.1 Å². The number of hydrogen-bond donors (Lipinski definition) is 1. The number of amidine groups is 1. The third kappa shape index (κ3) is 6.07. The Kier molecular flexibility index (Phi) is 8.06. The molecule has 5 nitrogen and oxygen atoms in total. The van der Waals surface area contributed by atoms with Crippen molar-refractivity contribution in [2.45, 2.75) is 13.5 Å². The minimum Gasteiger partial charge on any atom is -0.490 e. The summed E-state index contributed by atoms with van der Waals surface area (Å²) in [5.74, 6) is 0.669. The highest BCUT2D eigenvalue weighted by molar-refractivity contribution is 8.18. The number of nitrogens with zero attached hydrogens (tertiary/aromatic N) is 1. The maximum Gasteiger partial charge on any atom is 0.264 e. The molecule has 0 aliphatic carbocycles. The van der Waals surface area contributed by atoms with Crippen LogP contribution in [0.5, 0.6) is 11.5 Å². The Labute approximate surface area is 216 Å². The van der Waals surface area contributed by atoms with Gasteiger partial charge in [0.2, 0.25) is 0 Å². The van der Waals surface area contributed by atoms with Crippen LogP contribution in [-0.4, -0.2) is 17.7 Å². The van der Waals surface area contributed by atoms with E-state index in [2.05, 4.69) is 10.3 Å². The molecule has 0 saturated carbocycles. The standard InChI is InChI=1S/C25H19Cl3N2O3S/c1-2-32-21-12-16(11-19(28)23(21)33-14-15-7-9-17(26)10-8-15)13-22-24(31)30-25(34-22)29-20-6-4-3-5-18(20)27/h3-13H,2,14H2,1H3,(H,29,30,31)/b22-13-. The monoisotopic (exact) mass is 532 g/mol. The largest absolute Gasteiger partial charge is 0.490 e. The Balaban J connectivity index is 1.56. The van der Waals surface area contributed by atoms with Crippen LogP contribution in [0, 0.1) is 0 Å². The van der Waals surface area contributed by atoms with E-state index in [9.17, 15) is 4.79 Å². The summed E-state index contributed by atoms with van der Waals surface area (Å²) in [5.41, 5.74) is 2.22. The second-order valence-corrected chi connectivity index (χ2v) is 9.39. The van der Waals surface area contributed by atoms with E-state index < -0.39 is 0 Å². The summed E-state index contributed by atoms with van der Waals surface area (Å²) < 4.78 is 11.7.